The van der Waals surface area contributed by atoms with Crippen LogP contribution < -0.4 is 5.32 Å². The highest BCUT2D eigenvalue weighted by molar-refractivity contribution is 5.78. The van der Waals surface area contributed by atoms with E-state index in [0.717, 1.165) is 19.5 Å². The Balaban J connectivity index is 2.60. The fourth-order valence-electron chi connectivity index (χ4n) is 1.79. The largest absolute Gasteiger partial charge is 0.337 e. The Hall–Kier alpha value is -0.570. The third-order valence-corrected chi connectivity index (χ3v) is 3.08. The van der Waals surface area contributed by atoms with Crippen molar-refractivity contribution in [3.8, 4) is 0 Å². The molecule has 0 bridgehead atoms. The highest BCUT2D eigenvalue weighted by Gasteiger charge is 2.28. The molecule has 0 aromatic carbocycles. The Morgan fingerprint density at radius 1 is 1.57 bits per heavy atom. The Morgan fingerprint density at radius 3 is 2.79 bits per heavy atom. The molecule has 1 aliphatic rings. The lowest BCUT2D eigenvalue weighted by Crippen LogP contribution is -2.57. The first kappa shape index (κ1) is 11.5. The molecule has 0 spiro atoms. The maximum absolute atomic E-state index is 12.0. The number of hydrogen-bond donors (Lipinski definition) is 1. The summed E-state index contributed by atoms with van der Waals surface area (Å²) < 4.78 is 0. The van der Waals surface area contributed by atoms with E-state index < -0.39 is 0 Å². The van der Waals surface area contributed by atoms with E-state index in [9.17, 15) is 4.79 Å². The lowest BCUT2D eigenvalue weighted by Gasteiger charge is -2.38. The first-order chi connectivity index (χ1) is 6.56. The van der Waals surface area contributed by atoms with Crippen LogP contribution in [0, 0.1) is 5.92 Å². The van der Waals surface area contributed by atoms with Gasteiger partial charge in [0.2, 0.25) is 5.91 Å². The zero-order valence-electron chi connectivity index (χ0n) is 9.71. The minimum Gasteiger partial charge on any atom is -0.337 e. The highest BCUT2D eigenvalue weighted by atomic mass is 16.2. The third-order valence-electron chi connectivity index (χ3n) is 3.08. The number of amides is 1. The van der Waals surface area contributed by atoms with E-state index in [0.29, 0.717) is 18.0 Å². The molecule has 14 heavy (non-hydrogen) atoms. The van der Waals surface area contributed by atoms with Crippen LogP contribution in [0.1, 0.15) is 34.1 Å². The summed E-state index contributed by atoms with van der Waals surface area (Å²) in [6, 6.07) is 0.770. The average Bonchev–Trinajstić information content (AvgIpc) is 2.19. The van der Waals surface area contributed by atoms with E-state index in [1.165, 1.54) is 0 Å². The van der Waals surface area contributed by atoms with Crippen molar-refractivity contribution in [1.82, 2.24) is 10.2 Å². The monoisotopic (exact) mass is 198 g/mol. The van der Waals surface area contributed by atoms with Gasteiger partial charge in [0, 0.05) is 31.1 Å². The Bertz CT molecular complexity index is 205. The van der Waals surface area contributed by atoms with Crippen molar-refractivity contribution in [2.45, 2.75) is 46.2 Å². The maximum atomic E-state index is 12.0. The summed E-state index contributed by atoms with van der Waals surface area (Å²) in [6.45, 7) is 10.1. The standard InChI is InChI=1S/C11H22N2O/c1-5-8(2)11(14)13-7-9(3)12-6-10(13)4/h8-10,12H,5-7H2,1-4H3. The van der Waals surface area contributed by atoms with Crippen LogP contribution in [0.15, 0.2) is 0 Å². The van der Waals surface area contributed by atoms with Gasteiger partial charge in [0.15, 0.2) is 0 Å². The Labute approximate surface area is 86.9 Å². The summed E-state index contributed by atoms with van der Waals surface area (Å²) in [6.07, 6.45) is 0.934. The van der Waals surface area contributed by atoms with Crippen molar-refractivity contribution < 1.29 is 4.79 Å². The van der Waals surface area contributed by atoms with Gasteiger partial charge in [-0.3, -0.25) is 4.79 Å². The second-order valence-corrected chi connectivity index (χ2v) is 4.46. The maximum Gasteiger partial charge on any atom is 0.225 e. The van der Waals surface area contributed by atoms with Crippen molar-refractivity contribution in [2.24, 2.45) is 5.92 Å². The lowest BCUT2D eigenvalue weighted by molar-refractivity contribution is -0.138. The molecule has 0 saturated carbocycles. The quantitative estimate of drug-likeness (QED) is 0.724. The molecule has 82 valence electrons. The number of rotatable bonds is 2. The van der Waals surface area contributed by atoms with E-state index in [4.69, 9.17) is 0 Å². The molecule has 1 saturated heterocycles. The normalized spacial score (nSPS) is 30.1. The van der Waals surface area contributed by atoms with E-state index in [2.05, 4.69) is 26.1 Å². The molecule has 1 N–H and O–H groups in total. The highest BCUT2D eigenvalue weighted by Crippen LogP contribution is 2.13. The smallest absolute Gasteiger partial charge is 0.225 e. The minimum absolute atomic E-state index is 0.169. The number of carbonyl (C=O) groups is 1. The number of nitrogens with one attached hydrogen (secondary N) is 1. The summed E-state index contributed by atoms with van der Waals surface area (Å²) in [5, 5.41) is 3.38. The van der Waals surface area contributed by atoms with Gasteiger partial charge < -0.3 is 10.2 Å². The third kappa shape index (κ3) is 2.47. The van der Waals surface area contributed by atoms with Gasteiger partial charge in [-0.15, -0.1) is 0 Å². The summed E-state index contributed by atoms with van der Waals surface area (Å²) in [4.78, 5) is 14.0. The lowest BCUT2D eigenvalue weighted by atomic mass is 10.0. The van der Waals surface area contributed by atoms with E-state index in [1.807, 2.05) is 11.8 Å². The molecule has 1 fully saturated rings. The number of nitrogens with zero attached hydrogens (tertiary/aromatic N) is 1. The van der Waals surface area contributed by atoms with Crippen molar-refractivity contribution >= 4 is 5.91 Å². The summed E-state index contributed by atoms with van der Waals surface area (Å²) in [7, 11) is 0. The zero-order chi connectivity index (χ0) is 10.7. The second kappa shape index (κ2) is 4.78. The van der Waals surface area contributed by atoms with Crippen LogP contribution in [0.3, 0.4) is 0 Å². The van der Waals surface area contributed by atoms with Gasteiger partial charge in [-0.05, 0) is 20.3 Å². The molecule has 3 nitrogen and oxygen atoms in total. The number of carbonyl (C=O) groups excluding carboxylic acids is 1. The SMILES string of the molecule is CCC(C)C(=O)N1CC(C)NCC1C. The van der Waals surface area contributed by atoms with Gasteiger partial charge >= 0.3 is 0 Å². The molecule has 0 aromatic rings. The molecule has 1 amide bonds. The molecule has 1 heterocycles. The van der Waals surface area contributed by atoms with Gasteiger partial charge in [0.1, 0.15) is 0 Å². The van der Waals surface area contributed by atoms with Crippen molar-refractivity contribution in [1.29, 1.82) is 0 Å². The van der Waals surface area contributed by atoms with Crippen LogP contribution in [0.2, 0.25) is 0 Å². The van der Waals surface area contributed by atoms with Gasteiger partial charge in [-0.1, -0.05) is 13.8 Å². The topological polar surface area (TPSA) is 32.3 Å². The van der Waals surface area contributed by atoms with Gasteiger partial charge in [0.25, 0.3) is 0 Å². The molecule has 3 atom stereocenters. The number of hydrogen-bond acceptors (Lipinski definition) is 2. The van der Waals surface area contributed by atoms with Gasteiger partial charge in [-0.2, -0.15) is 0 Å². The second-order valence-electron chi connectivity index (χ2n) is 4.46. The molecule has 0 radical (unpaired) electrons. The van der Waals surface area contributed by atoms with Gasteiger partial charge in [0.05, 0.1) is 0 Å². The molecule has 1 rings (SSSR count). The van der Waals surface area contributed by atoms with Crippen LogP contribution in [-0.4, -0.2) is 36.0 Å². The van der Waals surface area contributed by atoms with Crippen molar-refractivity contribution in [3.05, 3.63) is 0 Å². The molecule has 0 aliphatic carbocycles. The molecular weight excluding hydrogens is 176 g/mol. The van der Waals surface area contributed by atoms with Crippen LogP contribution in [0.4, 0.5) is 0 Å². The molecular formula is C11H22N2O. The molecule has 3 unspecified atom stereocenters. The van der Waals surface area contributed by atoms with Crippen LogP contribution in [0.5, 0.6) is 0 Å². The first-order valence-corrected chi connectivity index (χ1v) is 5.60. The Kier molecular flexibility index (Phi) is 3.93. The molecule has 0 aromatic heterocycles. The van der Waals surface area contributed by atoms with E-state index in [-0.39, 0.29) is 5.92 Å². The van der Waals surface area contributed by atoms with Crippen LogP contribution >= 0.6 is 0 Å². The summed E-state index contributed by atoms with van der Waals surface area (Å²) in [5.41, 5.74) is 0. The average molecular weight is 198 g/mol. The zero-order valence-corrected chi connectivity index (χ0v) is 9.71. The van der Waals surface area contributed by atoms with E-state index in [1.54, 1.807) is 0 Å². The molecule has 1 aliphatic heterocycles. The fraction of sp³-hybridized carbons (Fsp3) is 0.909. The Morgan fingerprint density at radius 2 is 2.21 bits per heavy atom. The summed E-state index contributed by atoms with van der Waals surface area (Å²) in [5.74, 6) is 0.482. The van der Waals surface area contributed by atoms with Crippen LogP contribution in [0.25, 0.3) is 0 Å². The van der Waals surface area contributed by atoms with Crippen LogP contribution in [-0.2, 0) is 4.79 Å². The summed E-state index contributed by atoms with van der Waals surface area (Å²) >= 11 is 0. The first-order valence-electron chi connectivity index (χ1n) is 5.60. The predicted octanol–water partition coefficient (Wildman–Crippen LogP) is 1.24. The number of piperazine rings is 1. The fourth-order valence-corrected chi connectivity index (χ4v) is 1.79. The molecule has 3 heteroatoms. The van der Waals surface area contributed by atoms with Crippen molar-refractivity contribution in [2.75, 3.05) is 13.1 Å². The predicted molar refractivity (Wildman–Crippen MR) is 58.1 cm³/mol. The van der Waals surface area contributed by atoms with E-state index >= 15 is 0 Å². The van der Waals surface area contributed by atoms with Gasteiger partial charge in [-0.25, -0.2) is 0 Å². The minimum atomic E-state index is 0.169. The van der Waals surface area contributed by atoms with Crippen molar-refractivity contribution in [3.63, 3.8) is 0 Å².